The molecule has 4 nitrogen and oxygen atoms in total. The van der Waals surface area contributed by atoms with Crippen LogP contribution in [0.1, 0.15) is 39.2 Å². The Morgan fingerprint density at radius 2 is 1.82 bits per heavy atom. The molecule has 1 rings (SSSR count). The highest BCUT2D eigenvalue weighted by atomic mass is 35.5. The second-order valence-electron chi connectivity index (χ2n) is 5.84. The molecule has 0 aromatic heterocycles. The molecule has 0 bridgehead atoms. The van der Waals surface area contributed by atoms with Gasteiger partial charge < -0.3 is 10.2 Å². The summed E-state index contributed by atoms with van der Waals surface area (Å²) in [6, 6.07) is 7.36. The maximum atomic E-state index is 11.9. The van der Waals surface area contributed by atoms with E-state index in [2.05, 4.69) is 19.2 Å². The van der Waals surface area contributed by atoms with Gasteiger partial charge in [-0.05, 0) is 30.0 Å². The van der Waals surface area contributed by atoms with Crippen molar-refractivity contribution in [3.8, 4) is 0 Å². The van der Waals surface area contributed by atoms with Crippen molar-refractivity contribution in [3.05, 3.63) is 34.9 Å². The highest BCUT2D eigenvalue weighted by Gasteiger charge is 2.11. The first-order chi connectivity index (χ1) is 10.4. The van der Waals surface area contributed by atoms with Gasteiger partial charge in [0.1, 0.15) is 0 Å². The van der Waals surface area contributed by atoms with Crippen LogP contribution in [0.15, 0.2) is 24.3 Å². The van der Waals surface area contributed by atoms with E-state index in [-0.39, 0.29) is 11.8 Å². The summed E-state index contributed by atoms with van der Waals surface area (Å²) < 4.78 is 0. The summed E-state index contributed by atoms with van der Waals surface area (Å²) in [6.45, 7) is 7.44. The van der Waals surface area contributed by atoms with E-state index in [9.17, 15) is 9.59 Å². The molecule has 0 heterocycles. The van der Waals surface area contributed by atoms with Crippen LogP contribution in [0.25, 0.3) is 0 Å². The van der Waals surface area contributed by atoms with Gasteiger partial charge >= 0.3 is 0 Å². The topological polar surface area (TPSA) is 49.4 Å². The third kappa shape index (κ3) is 7.46. The molecule has 1 aromatic rings. The zero-order valence-electron chi connectivity index (χ0n) is 13.6. The van der Waals surface area contributed by atoms with Gasteiger partial charge in [-0.3, -0.25) is 9.59 Å². The number of hydrogen-bond acceptors (Lipinski definition) is 2. The SMILES string of the molecule is CC(=O)N(CCC(=O)NCc1ccc(Cl)cc1)CCC(C)C. The molecule has 5 heteroatoms. The molecule has 22 heavy (non-hydrogen) atoms. The van der Waals surface area contributed by atoms with Crippen LogP contribution in [0.5, 0.6) is 0 Å². The third-order valence-electron chi connectivity index (χ3n) is 3.43. The average Bonchev–Trinajstić information content (AvgIpc) is 2.46. The molecule has 0 spiro atoms. The standard InChI is InChI=1S/C17H25ClN2O2/c1-13(2)8-10-20(14(3)21)11-9-17(22)19-12-15-4-6-16(18)7-5-15/h4-7,13H,8-12H2,1-3H3,(H,19,22). The first-order valence-corrected chi connectivity index (χ1v) is 8.03. The van der Waals surface area contributed by atoms with Gasteiger partial charge in [0.2, 0.25) is 11.8 Å². The predicted molar refractivity (Wildman–Crippen MR) is 89.6 cm³/mol. The molecule has 2 amide bonds. The summed E-state index contributed by atoms with van der Waals surface area (Å²) in [6.07, 6.45) is 1.28. The fraction of sp³-hybridized carbons (Fsp3) is 0.529. The van der Waals surface area contributed by atoms with E-state index in [0.29, 0.717) is 37.0 Å². The van der Waals surface area contributed by atoms with Gasteiger partial charge in [-0.15, -0.1) is 0 Å². The molecule has 1 aromatic carbocycles. The number of carbonyl (C=O) groups excluding carboxylic acids is 2. The molecular formula is C17H25ClN2O2. The number of hydrogen-bond donors (Lipinski definition) is 1. The quantitative estimate of drug-likeness (QED) is 0.798. The lowest BCUT2D eigenvalue weighted by molar-refractivity contribution is -0.129. The number of amides is 2. The van der Waals surface area contributed by atoms with Crippen molar-refractivity contribution in [2.24, 2.45) is 5.92 Å². The van der Waals surface area contributed by atoms with E-state index in [1.165, 1.54) is 0 Å². The Balaban J connectivity index is 2.33. The number of carbonyl (C=O) groups is 2. The molecule has 0 fully saturated rings. The molecule has 0 unspecified atom stereocenters. The lowest BCUT2D eigenvalue weighted by Crippen LogP contribution is -2.34. The normalized spacial score (nSPS) is 10.6. The average molecular weight is 325 g/mol. The zero-order valence-corrected chi connectivity index (χ0v) is 14.3. The smallest absolute Gasteiger partial charge is 0.222 e. The van der Waals surface area contributed by atoms with Crippen LogP contribution in [0, 0.1) is 5.92 Å². The summed E-state index contributed by atoms with van der Waals surface area (Å²) in [5, 5.41) is 3.54. The Labute approximate surface area is 137 Å². The lowest BCUT2D eigenvalue weighted by atomic mass is 10.1. The summed E-state index contributed by atoms with van der Waals surface area (Å²) in [5.41, 5.74) is 1.00. The third-order valence-corrected chi connectivity index (χ3v) is 3.69. The molecule has 0 saturated heterocycles. The number of nitrogens with one attached hydrogen (secondary N) is 1. The van der Waals surface area contributed by atoms with Gasteiger partial charge in [-0.2, -0.15) is 0 Å². The molecule has 0 saturated carbocycles. The minimum absolute atomic E-state index is 0.0196. The zero-order chi connectivity index (χ0) is 16.5. The maximum absolute atomic E-state index is 11.9. The van der Waals surface area contributed by atoms with Crippen LogP contribution in [0.3, 0.4) is 0 Å². The fourth-order valence-corrected chi connectivity index (χ4v) is 2.09. The highest BCUT2D eigenvalue weighted by Crippen LogP contribution is 2.09. The van der Waals surface area contributed by atoms with E-state index in [4.69, 9.17) is 11.6 Å². The maximum Gasteiger partial charge on any atom is 0.222 e. The van der Waals surface area contributed by atoms with Crippen LogP contribution in [0.4, 0.5) is 0 Å². The van der Waals surface area contributed by atoms with E-state index < -0.39 is 0 Å². The van der Waals surface area contributed by atoms with Crippen molar-refractivity contribution in [1.29, 1.82) is 0 Å². The molecule has 122 valence electrons. The first kappa shape index (κ1) is 18.5. The summed E-state index contributed by atoms with van der Waals surface area (Å²) in [7, 11) is 0. The number of halogens is 1. The van der Waals surface area contributed by atoms with E-state index in [1.807, 2.05) is 12.1 Å². The van der Waals surface area contributed by atoms with Crippen LogP contribution < -0.4 is 5.32 Å². The van der Waals surface area contributed by atoms with Crippen molar-refractivity contribution < 1.29 is 9.59 Å². The Morgan fingerprint density at radius 3 is 2.36 bits per heavy atom. The Kier molecular flexibility index (Phi) is 7.96. The highest BCUT2D eigenvalue weighted by molar-refractivity contribution is 6.30. The summed E-state index contributed by atoms with van der Waals surface area (Å²) >= 11 is 5.82. The first-order valence-electron chi connectivity index (χ1n) is 7.65. The molecule has 1 N–H and O–H groups in total. The summed E-state index contributed by atoms with van der Waals surface area (Å²) in [5.74, 6) is 0.512. The van der Waals surface area contributed by atoms with Gasteiger partial charge in [0, 0.05) is 38.0 Å². The van der Waals surface area contributed by atoms with Crippen LogP contribution in [-0.4, -0.2) is 29.8 Å². The fourth-order valence-electron chi connectivity index (χ4n) is 1.97. The second-order valence-corrected chi connectivity index (χ2v) is 6.28. The Bertz CT molecular complexity index is 486. The van der Waals surface area contributed by atoms with Crippen molar-refractivity contribution in [1.82, 2.24) is 10.2 Å². The molecule has 0 atom stereocenters. The Morgan fingerprint density at radius 1 is 1.18 bits per heavy atom. The van der Waals surface area contributed by atoms with Gasteiger partial charge in [-0.1, -0.05) is 37.6 Å². The van der Waals surface area contributed by atoms with Crippen LogP contribution in [0.2, 0.25) is 5.02 Å². The van der Waals surface area contributed by atoms with Crippen molar-refractivity contribution >= 4 is 23.4 Å². The number of benzene rings is 1. The monoisotopic (exact) mass is 324 g/mol. The van der Waals surface area contributed by atoms with E-state index in [0.717, 1.165) is 12.0 Å². The lowest BCUT2D eigenvalue weighted by Gasteiger charge is -2.21. The van der Waals surface area contributed by atoms with Gasteiger partial charge in [-0.25, -0.2) is 0 Å². The summed E-state index contributed by atoms with van der Waals surface area (Å²) in [4.78, 5) is 25.2. The van der Waals surface area contributed by atoms with Crippen LogP contribution in [-0.2, 0) is 16.1 Å². The van der Waals surface area contributed by atoms with E-state index >= 15 is 0 Å². The largest absolute Gasteiger partial charge is 0.352 e. The van der Waals surface area contributed by atoms with Gasteiger partial charge in [0.05, 0.1) is 0 Å². The van der Waals surface area contributed by atoms with Crippen molar-refractivity contribution in [3.63, 3.8) is 0 Å². The minimum Gasteiger partial charge on any atom is -0.352 e. The minimum atomic E-state index is -0.0502. The Hall–Kier alpha value is -1.55. The van der Waals surface area contributed by atoms with Crippen molar-refractivity contribution in [2.75, 3.05) is 13.1 Å². The molecule has 0 aliphatic carbocycles. The molecular weight excluding hydrogens is 300 g/mol. The number of nitrogens with zero attached hydrogens (tertiary/aromatic N) is 1. The predicted octanol–water partition coefficient (Wildman–Crippen LogP) is 3.24. The second kappa shape index (κ2) is 9.46. The molecule has 0 aliphatic rings. The molecule has 0 aliphatic heterocycles. The van der Waals surface area contributed by atoms with Crippen molar-refractivity contribution in [2.45, 2.75) is 40.2 Å². The van der Waals surface area contributed by atoms with E-state index in [1.54, 1.807) is 24.0 Å². The van der Waals surface area contributed by atoms with Crippen LogP contribution >= 0.6 is 11.6 Å². The number of rotatable bonds is 8. The molecule has 0 radical (unpaired) electrons. The van der Waals surface area contributed by atoms with Gasteiger partial charge in [0.15, 0.2) is 0 Å². The van der Waals surface area contributed by atoms with Gasteiger partial charge in [0.25, 0.3) is 0 Å².